The van der Waals surface area contributed by atoms with Gasteiger partial charge in [0, 0.05) is 25.7 Å². The molecule has 0 unspecified atom stereocenters. The van der Waals surface area contributed by atoms with Crippen LogP contribution < -0.4 is 16.4 Å². The van der Waals surface area contributed by atoms with Crippen LogP contribution >= 0.6 is 0 Å². The van der Waals surface area contributed by atoms with Gasteiger partial charge in [0.25, 0.3) is 0 Å². The number of carbonyl (C=O) groups is 2. The molecule has 1 saturated heterocycles. The highest BCUT2D eigenvalue weighted by Gasteiger charge is 2.10. The van der Waals surface area contributed by atoms with Gasteiger partial charge in [0.2, 0.25) is 11.9 Å². The van der Waals surface area contributed by atoms with E-state index in [1.54, 1.807) is 22.9 Å². The van der Waals surface area contributed by atoms with E-state index in [-0.39, 0.29) is 0 Å². The van der Waals surface area contributed by atoms with E-state index in [0.717, 1.165) is 42.1 Å². The molecule has 31 heavy (non-hydrogen) atoms. The van der Waals surface area contributed by atoms with E-state index in [9.17, 15) is 9.59 Å². The minimum atomic E-state index is -0.432. The first kappa shape index (κ1) is 24.1. The molecule has 3 aromatic rings. The van der Waals surface area contributed by atoms with Gasteiger partial charge < -0.3 is 20.9 Å². The number of primary amides is 1. The molecular formula is C22H33N7O2. The lowest BCUT2D eigenvalue weighted by Crippen LogP contribution is -2.10. The summed E-state index contributed by atoms with van der Waals surface area (Å²) in [5, 5.41) is 10.3. The molecular weight excluding hydrogens is 394 g/mol. The molecule has 1 aliphatic rings. The summed E-state index contributed by atoms with van der Waals surface area (Å²) in [5.74, 6) is 0.359. The van der Waals surface area contributed by atoms with Gasteiger partial charge in [0.05, 0.1) is 16.7 Å². The van der Waals surface area contributed by atoms with Crippen molar-refractivity contribution in [2.45, 2.75) is 46.7 Å². The standard InChI is InChI=1S/C11H14N4O.C7H10N2O.C4H9N/c1-3-15-9-5-4-7(10(12)16)6-8(9)14-11(15)13-2;1-3-9-7(5-10)4-6(2)8-9;1-2-4-5-3-1/h4-6H,3H2,1-2H3,(H2,12,16)(H,13,14);4-5H,3H2,1-2H3;5H,1-4H2. The number of nitrogens with one attached hydrogen (secondary N) is 2. The highest BCUT2D eigenvalue weighted by molar-refractivity contribution is 5.96. The normalized spacial score (nSPS) is 12.5. The zero-order valence-corrected chi connectivity index (χ0v) is 18.8. The quantitative estimate of drug-likeness (QED) is 0.538. The maximum atomic E-state index is 11.0. The zero-order valence-electron chi connectivity index (χ0n) is 18.8. The molecule has 0 spiro atoms. The van der Waals surface area contributed by atoms with Gasteiger partial charge in [-0.25, -0.2) is 4.98 Å². The van der Waals surface area contributed by atoms with Crippen LogP contribution in [0.3, 0.4) is 0 Å². The molecule has 0 aliphatic carbocycles. The Morgan fingerprint density at radius 1 is 1.23 bits per heavy atom. The zero-order chi connectivity index (χ0) is 22.8. The fourth-order valence-electron chi connectivity index (χ4n) is 3.33. The van der Waals surface area contributed by atoms with E-state index in [2.05, 4.69) is 20.7 Å². The summed E-state index contributed by atoms with van der Waals surface area (Å²) in [6.07, 6.45) is 3.60. The minimum absolute atomic E-state index is 0.432. The first-order valence-corrected chi connectivity index (χ1v) is 10.6. The van der Waals surface area contributed by atoms with Crippen molar-refractivity contribution >= 4 is 29.2 Å². The average molecular weight is 428 g/mol. The number of amides is 1. The topological polar surface area (TPSA) is 120 Å². The molecule has 9 heteroatoms. The largest absolute Gasteiger partial charge is 0.366 e. The minimum Gasteiger partial charge on any atom is -0.366 e. The van der Waals surface area contributed by atoms with Crippen molar-refractivity contribution in [1.82, 2.24) is 24.6 Å². The summed E-state index contributed by atoms with van der Waals surface area (Å²) < 4.78 is 3.72. The maximum Gasteiger partial charge on any atom is 0.248 e. The molecule has 2 aromatic heterocycles. The van der Waals surface area contributed by atoms with Gasteiger partial charge in [-0.05, 0) is 71.0 Å². The molecule has 3 heterocycles. The molecule has 0 bridgehead atoms. The van der Waals surface area contributed by atoms with Gasteiger partial charge in [-0.3, -0.25) is 14.3 Å². The van der Waals surface area contributed by atoms with Crippen LogP contribution in [0.4, 0.5) is 5.95 Å². The van der Waals surface area contributed by atoms with Crippen LogP contribution in [0.15, 0.2) is 24.3 Å². The molecule has 0 saturated carbocycles. The molecule has 0 radical (unpaired) electrons. The average Bonchev–Trinajstić information content (AvgIpc) is 3.53. The third kappa shape index (κ3) is 6.39. The van der Waals surface area contributed by atoms with Crippen LogP contribution in [0.5, 0.6) is 0 Å². The predicted molar refractivity (Wildman–Crippen MR) is 124 cm³/mol. The van der Waals surface area contributed by atoms with Crippen LogP contribution in [0.1, 0.15) is 53.2 Å². The number of hydrogen-bond donors (Lipinski definition) is 3. The van der Waals surface area contributed by atoms with E-state index < -0.39 is 5.91 Å². The number of imidazole rings is 1. The second kappa shape index (κ2) is 11.8. The number of nitrogens with two attached hydrogens (primary N) is 1. The second-order valence-electron chi connectivity index (χ2n) is 7.10. The molecule has 1 aliphatic heterocycles. The number of rotatable bonds is 5. The number of aryl methyl sites for hydroxylation is 3. The summed E-state index contributed by atoms with van der Waals surface area (Å²) in [5.41, 5.74) is 9.03. The lowest BCUT2D eigenvalue weighted by atomic mass is 10.2. The van der Waals surface area contributed by atoms with Crippen molar-refractivity contribution in [3.8, 4) is 0 Å². The van der Waals surface area contributed by atoms with Crippen molar-refractivity contribution in [1.29, 1.82) is 0 Å². The van der Waals surface area contributed by atoms with Gasteiger partial charge >= 0.3 is 0 Å². The van der Waals surface area contributed by atoms with Gasteiger partial charge in [-0.1, -0.05) is 0 Å². The Bertz CT molecular complexity index is 995. The lowest BCUT2D eigenvalue weighted by Gasteiger charge is -2.04. The molecule has 4 N–H and O–H groups in total. The first-order chi connectivity index (χ1) is 14.9. The Morgan fingerprint density at radius 3 is 2.39 bits per heavy atom. The van der Waals surface area contributed by atoms with Crippen molar-refractivity contribution < 1.29 is 9.59 Å². The maximum absolute atomic E-state index is 11.0. The highest BCUT2D eigenvalue weighted by Crippen LogP contribution is 2.20. The SMILES string of the molecule is C1CCNC1.CCn1c(NC)nc2cc(C(N)=O)ccc21.CCn1nc(C)cc1C=O. The summed E-state index contributed by atoms with van der Waals surface area (Å²) in [6.45, 7) is 9.95. The lowest BCUT2D eigenvalue weighted by molar-refractivity contribution is 0.1000. The van der Waals surface area contributed by atoms with Crippen LogP contribution in [0.25, 0.3) is 11.0 Å². The summed E-state index contributed by atoms with van der Waals surface area (Å²) in [6, 6.07) is 7.08. The van der Waals surface area contributed by atoms with Crippen molar-refractivity contribution in [3.63, 3.8) is 0 Å². The molecule has 1 amide bonds. The van der Waals surface area contributed by atoms with Gasteiger partial charge in [0.15, 0.2) is 6.29 Å². The Kier molecular flexibility index (Phi) is 9.20. The summed E-state index contributed by atoms with van der Waals surface area (Å²) in [4.78, 5) is 25.8. The van der Waals surface area contributed by atoms with Crippen molar-refractivity contribution in [2.75, 3.05) is 25.5 Å². The number of benzene rings is 1. The third-order valence-corrected chi connectivity index (χ3v) is 4.88. The second-order valence-corrected chi connectivity index (χ2v) is 7.10. The van der Waals surface area contributed by atoms with E-state index >= 15 is 0 Å². The van der Waals surface area contributed by atoms with Gasteiger partial charge in [0.1, 0.15) is 5.69 Å². The van der Waals surface area contributed by atoms with E-state index in [4.69, 9.17) is 5.73 Å². The van der Waals surface area contributed by atoms with Crippen molar-refractivity contribution in [3.05, 3.63) is 41.2 Å². The molecule has 0 atom stereocenters. The van der Waals surface area contributed by atoms with E-state index in [1.807, 2.05) is 38.5 Å². The molecule has 168 valence electrons. The first-order valence-electron chi connectivity index (χ1n) is 10.6. The van der Waals surface area contributed by atoms with Crippen molar-refractivity contribution in [2.24, 2.45) is 5.73 Å². The number of nitrogens with zero attached hydrogens (tertiary/aromatic N) is 4. The number of aldehydes is 1. The number of anilines is 1. The van der Waals surface area contributed by atoms with E-state index in [0.29, 0.717) is 11.3 Å². The predicted octanol–water partition coefficient (Wildman–Crippen LogP) is 2.59. The molecule has 1 fully saturated rings. The number of fused-ring (bicyclic) bond motifs is 1. The van der Waals surface area contributed by atoms with Gasteiger partial charge in [-0.15, -0.1) is 0 Å². The number of aromatic nitrogens is 4. The van der Waals surface area contributed by atoms with E-state index in [1.165, 1.54) is 25.9 Å². The Balaban J connectivity index is 0.000000192. The Labute approximate surface area is 183 Å². The van der Waals surface area contributed by atoms with Crippen LogP contribution in [0, 0.1) is 6.92 Å². The highest BCUT2D eigenvalue weighted by atomic mass is 16.1. The molecule has 1 aromatic carbocycles. The smallest absolute Gasteiger partial charge is 0.248 e. The fraction of sp³-hybridized carbons (Fsp3) is 0.455. The van der Waals surface area contributed by atoms with Crippen LogP contribution in [-0.4, -0.2) is 51.7 Å². The van der Waals surface area contributed by atoms with Crippen LogP contribution in [-0.2, 0) is 13.1 Å². The number of hydrogen-bond acceptors (Lipinski definition) is 6. The van der Waals surface area contributed by atoms with Crippen LogP contribution in [0.2, 0.25) is 0 Å². The third-order valence-electron chi connectivity index (χ3n) is 4.88. The molecule has 4 rings (SSSR count). The Hall–Kier alpha value is -3.20. The molecule has 9 nitrogen and oxygen atoms in total. The summed E-state index contributed by atoms with van der Waals surface area (Å²) in [7, 11) is 1.82. The number of carbonyl (C=O) groups excluding carboxylic acids is 2. The summed E-state index contributed by atoms with van der Waals surface area (Å²) >= 11 is 0. The Morgan fingerprint density at radius 2 is 1.94 bits per heavy atom. The fourth-order valence-corrected chi connectivity index (χ4v) is 3.33. The van der Waals surface area contributed by atoms with Gasteiger partial charge in [-0.2, -0.15) is 5.10 Å². The monoisotopic (exact) mass is 427 g/mol.